The van der Waals surface area contributed by atoms with Crippen molar-refractivity contribution in [1.29, 1.82) is 0 Å². The van der Waals surface area contributed by atoms with Gasteiger partial charge in [-0.2, -0.15) is 0 Å². The van der Waals surface area contributed by atoms with Gasteiger partial charge in [-0.3, -0.25) is 4.40 Å². The third kappa shape index (κ3) is 2.81. The first-order valence-corrected chi connectivity index (χ1v) is 8.89. The molecule has 4 rings (SSSR count). The Balaban J connectivity index is 1.63. The van der Waals surface area contributed by atoms with Crippen molar-refractivity contribution in [1.82, 2.24) is 14.6 Å². The van der Waals surface area contributed by atoms with E-state index in [-0.39, 0.29) is 0 Å². The van der Waals surface area contributed by atoms with Crippen molar-refractivity contribution < 1.29 is 0 Å². The van der Waals surface area contributed by atoms with E-state index in [4.69, 9.17) is 0 Å². The van der Waals surface area contributed by atoms with Gasteiger partial charge < -0.3 is 0 Å². The molecule has 24 heavy (non-hydrogen) atoms. The van der Waals surface area contributed by atoms with E-state index >= 15 is 0 Å². The second-order valence-electron chi connectivity index (χ2n) is 5.64. The number of para-hydroxylation sites is 1. The normalized spacial score (nSPS) is 11.7. The lowest BCUT2D eigenvalue weighted by molar-refractivity contribution is 0.942. The zero-order valence-electron chi connectivity index (χ0n) is 13.4. The van der Waals surface area contributed by atoms with Gasteiger partial charge in [-0.15, -0.1) is 10.2 Å². The number of hydrogen-bond acceptors (Lipinski definition) is 3. The number of pyridine rings is 1. The van der Waals surface area contributed by atoms with Crippen LogP contribution in [0, 0.1) is 6.92 Å². The summed E-state index contributed by atoms with van der Waals surface area (Å²) in [5.74, 6) is 0.859. The van der Waals surface area contributed by atoms with Crippen molar-refractivity contribution >= 4 is 34.4 Å². The Kier molecular flexibility index (Phi) is 4.05. The number of fused-ring (bicyclic) bond motifs is 3. The van der Waals surface area contributed by atoms with Crippen LogP contribution >= 0.6 is 11.8 Å². The van der Waals surface area contributed by atoms with E-state index in [9.17, 15) is 0 Å². The van der Waals surface area contributed by atoms with Crippen molar-refractivity contribution in [3.63, 3.8) is 0 Å². The van der Waals surface area contributed by atoms with Gasteiger partial charge >= 0.3 is 0 Å². The minimum atomic E-state index is 0.859. The largest absolute Gasteiger partial charge is 0.270 e. The highest BCUT2D eigenvalue weighted by atomic mass is 32.2. The predicted octanol–water partition coefficient (Wildman–Crippen LogP) is 5.00. The molecule has 4 heteroatoms. The van der Waals surface area contributed by atoms with E-state index in [1.807, 2.05) is 18.2 Å². The summed E-state index contributed by atoms with van der Waals surface area (Å²) in [6, 6.07) is 20.8. The summed E-state index contributed by atoms with van der Waals surface area (Å²) >= 11 is 1.70. The van der Waals surface area contributed by atoms with Crippen LogP contribution in [0.5, 0.6) is 0 Å². The SMILES string of the molecule is Cc1cc2nnc(SCC=Cc3ccccc3)n2c2ccccc12. The van der Waals surface area contributed by atoms with Crippen LogP contribution in [0.2, 0.25) is 0 Å². The first kappa shape index (κ1) is 15.0. The maximum absolute atomic E-state index is 4.37. The van der Waals surface area contributed by atoms with E-state index < -0.39 is 0 Å². The van der Waals surface area contributed by atoms with E-state index in [1.54, 1.807) is 11.8 Å². The zero-order chi connectivity index (χ0) is 16.4. The summed E-state index contributed by atoms with van der Waals surface area (Å²) in [6.45, 7) is 2.12. The zero-order valence-corrected chi connectivity index (χ0v) is 14.2. The Labute approximate surface area is 145 Å². The summed E-state index contributed by atoms with van der Waals surface area (Å²) in [5, 5.41) is 10.9. The molecule has 0 radical (unpaired) electrons. The molecule has 0 N–H and O–H groups in total. The lowest BCUT2D eigenvalue weighted by atomic mass is 10.1. The van der Waals surface area contributed by atoms with Crippen LogP contribution < -0.4 is 0 Å². The Bertz CT molecular complexity index is 1020. The third-order valence-electron chi connectivity index (χ3n) is 3.99. The number of rotatable bonds is 4. The van der Waals surface area contributed by atoms with Gasteiger partial charge in [-0.1, -0.05) is 72.4 Å². The van der Waals surface area contributed by atoms with Gasteiger partial charge in [-0.25, -0.2) is 0 Å². The Morgan fingerprint density at radius 3 is 2.67 bits per heavy atom. The Morgan fingerprint density at radius 1 is 1.00 bits per heavy atom. The molecule has 118 valence electrons. The van der Waals surface area contributed by atoms with Crippen LogP contribution in [0.15, 0.2) is 71.9 Å². The van der Waals surface area contributed by atoms with E-state index in [0.717, 1.165) is 22.1 Å². The Morgan fingerprint density at radius 2 is 1.79 bits per heavy atom. The van der Waals surface area contributed by atoms with Crippen LogP contribution in [0.4, 0.5) is 0 Å². The first-order chi connectivity index (χ1) is 11.8. The molecule has 0 saturated heterocycles. The molecule has 0 unspecified atom stereocenters. The molecule has 0 atom stereocenters. The highest BCUT2D eigenvalue weighted by molar-refractivity contribution is 7.99. The number of hydrogen-bond donors (Lipinski definition) is 0. The first-order valence-electron chi connectivity index (χ1n) is 7.91. The standard InChI is InChI=1S/C20H17N3S/c1-15-14-19-21-22-20(23(19)18-12-6-5-11-17(15)18)24-13-7-10-16-8-3-2-4-9-16/h2-12,14H,13H2,1H3. The van der Waals surface area contributed by atoms with Gasteiger partial charge in [0.15, 0.2) is 10.8 Å². The summed E-state index contributed by atoms with van der Waals surface area (Å²) < 4.78 is 2.14. The van der Waals surface area contributed by atoms with Crippen LogP contribution in [-0.2, 0) is 0 Å². The minimum Gasteiger partial charge on any atom is -0.270 e. The fourth-order valence-electron chi connectivity index (χ4n) is 2.84. The molecule has 0 aliphatic carbocycles. The lowest BCUT2D eigenvalue weighted by Crippen LogP contribution is -1.93. The van der Waals surface area contributed by atoms with Gasteiger partial charge in [0.25, 0.3) is 0 Å². The number of aryl methyl sites for hydroxylation is 1. The molecule has 2 aromatic carbocycles. The smallest absolute Gasteiger partial charge is 0.196 e. The predicted molar refractivity (Wildman–Crippen MR) is 101 cm³/mol. The molecule has 0 spiro atoms. The molecule has 0 aliphatic rings. The fourth-order valence-corrected chi connectivity index (χ4v) is 3.60. The topological polar surface area (TPSA) is 30.2 Å². The van der Waals surface area contributed by atoms with Crippen molar-refractivity contribution in [2.75, 3.05) is 5.75 Å². The number of thioether (sulfide) groups is 1. The molecule has 0 fully saturated rings. The number of benzene rings is 2. The average Bonchev–Trinajstić information content (AvgIpc) is 3.03. The summed E-state index contributed by atoms with van der Waals surface area (Å²) in [5.41, 5.74) is 4.50. The van der Waals surface area contributed by atoms with Gasteiger partial charge in [0, 0.05) is 11.1 Å². The quantitative estimate of drug-likeness (QED) is 0.493. The lowest BCUT2D eigenvalue weighted by Gasteiger charge is -2.06. The van der Waals surface area contributed by atoms with Gasteiger partial charge in [0.2, 0.25) is 0 Å². The third-order valence-corrected chi connectivity index (χ3v) is 4.87. The molecule has 2 aromatic heterocycles. The van der Waals surface area contributed by atoms with Gasteiger partial charge in [0.05, 0.1) is 5.52 Å². The minimum absolute atomic E-state index is 0.859. The molecule has 0 amide bonds. The number of nitrogens with zero attached hydrogens (tertiary/aromatic N) is 3. The molecule has 2 heterocycles. The van der Waals surface area contributed by atoms with Crippen LogP contribution in [0.3, 0.4) is 0 Å². The molecule has 0 saturated carbocycles. The summed E-state index contributed by atoms with van der Waals surface area (Å²) in [4.78, 5) is 0. The van der Waals surface area contributed by atoms with E-state index in [1.165, 1.54) is 16.5 Å². The molecule has 3 nitrogen and oxygen atoms in total. The van der Waals surface area contributed by atoms with Crippen LogP contribution in [0.1, 0.15) is 11.1 Å². The van der Waals surface area contributed by atoms with Gasteiger partial charge in [-0.05, 0) is 30.2 Å². The maximum Gasteiger partial charge on any atom is 0.196 e. The highest BCUT2D eigenvalue weighted by Crippen LogP contribution is 2.25. The van der Waals surface area contributed by atoms with Crippen molar-refractivity contribution in [3.05, 3.63) is 77.9 Å². The highest BCUT2D eigenvalue weighted by Gasteiger charge is 2.10. The van der Waals surface area contributed by atoms with Crippen LogP contribution in [-0.4, -0.2) is 20.4 Å². The second kappa shape index (κ2) is 6.49. The van der Waals surface area contributed by atoms with E-state index in [0.29, 0.717) is 0 Å². The summed E-state index contributed by atoms with van der Waals surface area (Å²) in [6.07, 6.45) is 4.30. The monoisotopic (exact) mass is 331 g/mol. The van der Waals surface area contributed by atoms with Crippen molar-refractivity contribution in [2.24, 2.45) is 0 Å². The molecular formula is C20H17N3S. The molecular weight excluding hydrogens is 314 g/mol. The summed E-state index contributed by atoms with van der Waals surface area (Å²) in [7, 11) is 0. The second-order valence-corrected chi connectivity index (χ2v) is 6.63. The van der Waals surface area contributed by atoms with Crippen molar-refractivity contribution in [2.45, 2.75) is 12.1 Å². The van der Waals surface area contributed by atoms with Gasteiger partial charge in [0.1, 0.15) is 0 Å². The molecule has 4 aromatic rings. The maximum atomic E-state index is 4.37. The fraction of sp³-hybridized carbons (Fsp3) is 0.100. The Hall–Kier alpha value is -2.59. The molecule has 0 bridgehead atoms. The molecule has 0 aliphatic heterocycles. The average molecular weight is 331 g/mol. The van der Waals surface area contributed by atoms with E-state index in [2.05, 4.69) is 76.1 Å². The van der Waals surface area contributed by atoms with Crippen LogP contribution in [0.25, 0.3) is 22.6 Å². The number of aromatic nitrogens is 3. The van der Waals surface area contributed by atoms with Crippen molar-refractivity contribution in [3.8, 4) is 0 Å².